The molecule has 0 bridgehead atoms. The van der Waals surface area contributed by atoms with Crippen LogP contribution in [0.25, 0.3) is 17.3 Å². The van der Waals surface area contributed by atoms with Crippen molar-refractivity contribution in [2.75, 3.05) is 14.2 Å². The molecule has 5 nitrogen and oxygen atoms in total. The molecule has 1 N–H and O–H groups in total. The minimum atomic E-state index is -0.430. The summed E-state index contributed by atoms with van der Waals surface area (Å²) in [5.74, 6) is 0.539. The molecule has 3 rings (SSSR count). The molecule has 26 heavy (non-hydrogen) atoms. The summed E-state index contributed by atoms with van der Waals surface area (Å²) in [5, 5.41) is 6.87. The second-order valence-corrected chi connectivity index (χ2v) is 5.48. The first-order valence-corrected chi connectivity index (χ1v) is 7.86. The van der Waals surface area contributed by atoms with Gasteiger partial charge in [0, 0.05) is 17.2 Å². The van der Waals surface area contributed by atoms with E-state index < -0.39 is 5.82 Å². The quantitative estimate of drug-likeness (QED) is 0.535. The van der Waals surface area contributed by atoms with Gasteiger partial charge in [-0.2, -0.15) is 5.10 Å². The Balaban J connectivity index is 1.75. The molecule has 0 aliphatic carbocycles. The molecule has 0 atom stereocenters. The van der Waals surface area contributed by atoms with Crippen LogP contribution in [0.2, 0.25) is 0 Å². The first-order valence-electron chi connectivity index (χ1n) is 7.86. The average molecular weight is 352 g/mol. The fraction of sp³-hybridized carbons (Fsp3) is 0.100. The molecule has 0 aliphatic heterocycles. The summed E-state index contributed by atoms with van der Waals surface area (Å²) < 4.78 is 24.2. The molecule has 2 aromatic carbocycles. The largest absolute Gasteiger partial charge is 0.497 e. The SMILES string of the molecule is COc1ccc(C(=O)C=Cc2cc(-c3ccc(OC)cc3F)n[nH]2)cc1. The Labute approximate surface area is 150 Å². The van der Waals surface area contributed by atoms with Crippen molar-refractivity contribution < 1.29 is 18.7 Å². The summed E-state index contributed by atoms with van der Waals surface area (Å²) in [6.45, 7) is 0. The van der Waals surface area contributed by atoms with Crippen molar-refractivity contribution in [2.45, 2.75) is 0 Å². The van der Waals surface area contributed by atoms with Gasteiger partial charge >= 0.3 is 0 Å². The molecule has 6 heteroatoms. The maximum Gasteiger partial charge on any atom is 0.185 e. The number of H-pyrrole nitrogens is 1. The maximum absolute atomic E-state index is 14.1. The third-order valence-corrected chi connectivity index (χ3v) is 3.84. The van der Waals surface area contributed by atoms with Crippen LogP contribution in [0.3, 0.4) is 0 Å². The summed E-state index contributed by atoms with van der Waals surface area (Å²) >= 11 is 0. The van der Waals surface area contributed by atoms with E-state index in [2.05, 4.69) is 10.2 Å². The Morgan fingerprint density at radius 3 is 2.38 bits per heavy atom. The number of hydrogen-bond donors (Lipinski definition) is 1. The first-order chi connectivity index (χ1) is 12.6. The van der Waals surface area contributed by atoms with Crippen LogP contribution in [0.1, 0.15) is 16.1 Å². The number of aromatic amines is 1. The lowest BCUT2D eigenvalue weighted by molar-refractivity contribution is 0.104. The van der Waals surface area contributed by atoms with Gasteiger partial charge in [-0.3, -0.25) is 9.89 Å². The average Bonchev–Trinajstić information content (AvgIpc) is 3.14. The molecule has 3 aromatic rings. The summed E-state index contributed by atoms with van der Waals surface area (Å²) in [6, 6.07) is 13.1. The van der Waals surface area contributed by atoms with E-state index in [1.165, 1.54) is 19.3 Å². The lowest BCUT2D eigenvalue weighted by atomic mass is 10.1. The normalized spacial score (nSPS) is 10.9. The number of rotatable bonds is 6. The summed E-state index contributed by atoms with van der Waals surface area (Å²) in [7, 11) is 3.05. The van der Waals surface area contributed by atoms with Crippen LogP contribution in [0.4, 0.5) is 4.39 Å². The number of benzene rings is 2. The molecule has 0 saturated carbocycles. The number of allylic oxidation sites excluding steroid dienone is 1. The number of carbonyl (C=O) groups is 1. The standard InChI is InChI=1S/C20H17FN2O3/c1-25-15-6-3-13(4-7-15)20(24)10-5-14-11-19(23-22-14)17-9-8-16(26-2)12-18(17)21/h3-12H,1-2H3,(H,22,23). The van der Waals surface area contributed by atoms with Crippen LogP contribution in [0, 0.1) is 5.82 Å². The van der Waals surface area contributed by atoms with E-state index in [-0.39, 0.29) is 5.78 Å². The van der Waals surface area contributed by atoms with Gasteiger partial charge in [0.25, 0.3) is 0 Å². The van der Waals surface area contributed by atoms with Crippen molar-refractivity contribution in [3.63, 3.8) is 0 Å². The lowest BCUT2D eigenvalue weighted by Crippen LogP contribution is -1.94. The predicted molar refractivity (Wildman–Crippen MR) is 96.9 cm³/mol. The number of ether oxygens (including phenoxy) is 2. The minimum absolute atomic E-state index is 0.153. The number of ketones is 1. The van der Waals surface area contributed by atoms with Crippen LogP contribution in [-0.4, -0.2) is 30.2 Å². The molecule has 0 aliphatic rings. The topological polar surface area (TPSA) is 64.2 Å². The maximum atomic E-state index is 14.1. The van der Waals surface area contributed by atoms with Crippen LogP contribution >= 0.6 is 0 Å². The van der Waals surface area contributed by atoms with Gasteiger partial charge in [-0.05, 0) is 54.6 Å². The Bertz CT molecular complexity index is 946. The molecule has 0 radical (unpaired) electrons. The van der Waals surface area contributed by atoms with Gasteiger partial charge in [-0.15, -0.1) is 0 Å². The number of carbonyl (C=O) groups excluding carboxylic acids is 1. The number of nitrogens with zero attached hydrogens (tertiary/aromatic N) is 1. The first kappa shape index (κ1) is 17.4. The Kier molecular flexibility index (Phi) is 5.12. The third kappa shape index (κ3) is 3.80. The summed E-state index contributed by atoms with van der Waals surface area (Å²) in [5.41, 5.74) is 1.94. The third-order valence-electron chi connectivity index (χ3n) is 3.84. The summed E-state index contributed by atoms with van der Waals surface area (Å²) in [4.78, 5) is 12.2. The van der Waals surface area contributed by atoms with E-state index in [4.69, 9.17) is 9.47 Å². The van der Waals surface area contributed by atoms with E-state index >= 15 is 0 Å². The van der Waals surface area contributed by atoms with Crippen LogP contribution in [-0.2, 0) is 0 Å². The molecular weight excluding hydrogens is 335 g/mol. The number of nitrogens with one attached hydrogen (secondary N) is 1. The van der Waals surface area contributed by atoms with Gasteiger partial charge in [0.2, 0.25) is 0 Å². The molecule has 0 saturated heterocycles. The van der Waals surface area contributed by atoms with Gasteiger partial charge in [-0.1, -0.05) is 0 Å². The zero-order valence-electron chi connectivity index (χ0n) is 14.3. The fourth-order valence-electron chi connectivity index (χ4n) is 2.41. The van der Waals surface area contributed by atoms with Gasteiger partial charge in [-0.25, -0.2) is 4.39 Å². The Morgan fingerprint density at radius 1 is 1.04 bits per heavy atom. The molecule has 0 spiro atoms. The highest BCUT2D eigenvalue weighted by atomic mass is 19.1. The number of aromatic nitrogens is 2. The van der Waals surface area contributed by atoms with Crippen molar-refractivity contribution >= 4 is 11.9 Å². The molecule has 0 unspecified atom stereocenters. The molecule has 1 aromatic heterocycles. The van der Waals surface area contributed by atoms with E-state index in [1.54, 1.807) is 55.7 Å². The number of halogens is 1. The zero-order valence-corrected chi connectivity index (χ0v) is 14.3. The van der Waals surface area contributed by atoms with Gasteiger partial charge < -0.3 is 9.47 Å². The highest BCUT2D eigenvalue weighted by Crippen LogP contribution is 2.25. The molecular formula is C20H17FN2O3. The highest BCUT2D eigenvalue weighted by Gasteiger charge is 2.10. The van der Waals surface area contributed by atoms with Crippen molar-refractivity contribution in [1.29, 1.82) is 0 Å². The minimum Gasteiger partial charge on any atom is -0.497 e. The molecule has 132 valence electrons. The summed E-state index contributed by atoms with van der Waals surface area (Å²) in [6.07, 6.45) is 3.04. The monoisotopic (exact) mass is 352 g/mol. The van der Waals surface area contributed by atoms with Gasteiger partial charge in [0.15, 0.2) is 5.78 Å². The van der Waals surface area contributed by atoms with Gasteiger partial charge in [0.1, 0.15) is 17.3 Å². The van der Waals surface area contributed by atoms with Crippen LogP contribution in [0.5, 0.6) is 11.5 Å². The molecule has 0 fully saturated rings. The van der Waals surface area contributed by atoms with Crippen molar-refractivity contribution in [1.82, 2.24) is 10.2 Å². The predicted octanol–water partition coefficient (Wildman–Crippen LogP) is 4.13. The van der Waals surface area contributed by atoms with Gasteiger partial charge in [0.05, 0.1) is 25.6 Å². The number of hydrogen-bond acceptors (Lipinski definition) is 4. The zero-order chi connectivity index (χ0) is 18.5. The van der Waals surface area contributed by atoms with Crippen LogP contribution in [0.15, 0.2) is 54.6 Å². The Morgan fingerprint density at radius 2 is 1.73 bits per heavy atom. The van der Waals surface area contributed by atoms with Crippen molar-refractivity contribution in [3.05, 3.63) is 71.7 Å². The van der Waals surface area contributed by atoms with E-state index in [1.807, 2.05) is 0 Å². The van der Waals surface area contributed by atoms with Crippen molar-refractivity contribution in [2.24, 2.45) is 0 Å². The van der Waals surface area contributed by atoms with Crippen molar-refractivity contribution in [3.8, 4) is 22.8 Å². The second kappa shape index (κ2) is 7.65. The molecule has 0 amide bonds. The van der Waals surface area contributed by atoms with E-state index in [0.29, 0.717) is 34.0 Å². The highest BCUT2D eigenvalue weighted by molar-refractivity contribution is 6.06. The van der Waals surface area contributed by atoms with E-state index in [0.717, 1.165) is 0 Å². The molecule has 1 heterocycles. The smallest absolute Gasteiger partial charge is 0.185 e. The lowest BCUT2D eigenvalue weighted by Gasteiger charge is -2.02. The van der Waals surface area contributed by atoms with Crippen LogP contribution < -0.4 is 9.47 Å². The second-order valence-electron chi connectivity index (χ2n) is 5.48. The number of methoxy groups -OCH3 is 2. The Hall–Kier alpha value is -3.41. The fourth-order valence-corrected chi connectivity index (χ4v) is 2.41. The van der Waals surface area contributed by atoms with E-state index in [9.17, 15) is 9.18 Å².